The number of hydrogen-bond donors (Lipinski definition) is 4. The van der Waals surface area contributed by atoms with Crippen LogP contribution in [-0.2, 0) is 27.1 Å². The van der Waals surface area contributed by atoms with Crippen molar-refractivity contribution in [2.75, 3.05) is 12.4 Å². The maximum Gasteiger partial charge on any atom is 0.404 e. The van der Waals surface area contributed by atoms with Crippen molar-refractivity contribution in [3.8, 4) is 11.5 Å². The largest absolute Gasteiger partial charge is 0.543 e. The molecule has 1 fully saturated rings. The van der Waals surface area contributed by atoms with E-state index in [1.54, 1.807) is 51.1 Å². The van der Waals surface area contributed by atoms with Crippen molar-refractivity contribution >= 4 is 37.0 Å². The number of aromatic hydroxyl groups is 1. The van der Waals surface area contributed by atoms with Gasteiger partial charge in [-0.1, -0.05) is 38.5 Å². The number of aryl methyl sites for hydroxylation is 1. The molecule has 4 atom stereocenters. The molecule has 1 aliphatic rings. The first-order valence-electron chi connectivity index (χ1n) is 17.0. The Bertz CT molecular complexity index is 1890. The van der Waals surface area contributed by atoms with Crippen LogP contribution in [0.25, 0.3) is 11.0 Å². The number of carbonyl (C=O) groups is 2. The molecule has 2 aromatic carbocycles. The number of carbonyl (C=O) groups excluding carboxylic acids is 2. The number of primary amides is 1. The second-order valence-corrected chi connectivity index (χ2v) is 20.2. The predicted octanol–water partition coefficient (Wildman–Crippen LogP) is 6.51. The molecule has 1 saturated heterocycles. The zero-order chi connectivity index (χ0) is 38.2. The quantitative estimate of drug-likeness (QED) is 0.102. The van der Waals surface area contributed by atoms with Crippen molar-refractivity contribution < 1.29 is 42.9 Å². The van der Waals surface area contributed by atoms with Crippen LogP contribution in [0.3, 0.4) is 0 Å². The number of fused-ring (bicyclic) bond motifs is 1. The normalized spacial score (nSPS) is 20.5. The smallest absolute Gasteiger partial charge is 0.404 e. The van der Waals surface area contributed by atoms with Gasteiger partial charge in [0.1, 0.15) is 23.5 Å². The Kier molecular flexibility index (Phi) is 11.5. The molecule has 0 saturated carbocycles. The Morgan fingerprint density at radius 1 is 1.12 bits per heavy atom. The molecule has 0 radical (unpaired) electrons. The number of allylic oxidation sites excluding steroid dienone is 2. The third-order valence-corrected chi connectivity index (χ3v) is 14.3. The second-order valence-electron chi connectivity index (χ2n) is 15.5. The van der Waals surface area contributed by atoms with Gasteiger partial charge in [-0.2, -0.15) is 0 Å². The average molecular weight is 725 g/mol. The van der Waals surface area contributed by atoms with Crippen LogP contribution in [0.4, 0.5) is 10.5 Å². The molecule has 0 spiro atoms. The number of hydrogen-bond acceptors (Lipinski definition) is 10. The van der Waals surface area contributed by atoms with Gasteiger partial charge in [0.25, 0.3) is 5.91 Å². The summed E-state index contributed by atoms with van der Waals surface area (Å²) in [5, 5.41) is 25.1. The summed E-state index contributed by atoms with van der Waals surface area (Å²) in [6.45, 7) is 20.0. The van der Waals surface area contributed by atoms with E-state index in [0.717, 1.165) is 11.1 Å². The fraction of sp³-hybridized carbons (Fsp3) is 0.500. The molecule has 13 heteroatoms. The zero-order valence-corrected chi connectivity index (χ0v) is 32.4. The highest BCUT2D eigenvalue weighted by atomic mass is 28.4. The molecule has 1 aliphatic heterocycles. The van der Waals surface area contributed by atoms with Crippen molar-refractivity contribution in [2.45, 2.75) is 116 Å². The van der Waals surface area contributed by atoms with Gasteiger partial charge in [0.15, 0.2) is 17.5 Å². The van der Waals surface area contributed by atoms with Crippen molar-refractivity contribution in [3.63, 3.8) is 0 Å². The monoisotopic (exact) mass is 724 g/mol. The Morgan fingerprint density at radius 3 is 2.37 bits per heavy atom. The van der Waals surface area contributed by atoms with E-state index in [2.05, 4.69) is 45.3 Å². The number of anilines is 1. The Labute approximate surface area is 300 Å². The summed E-state index contributed by atoms with van der Waals surface area (Å²) < 4.78 is 29.2. The molecule has 2 amide bonds. The summed E-state index contributed by atoms with van der Waals surface area (Å²) in [4.78, 5) is 38.4. The van der Waals surface area contributed by atoms with Gasteiger partial charge in [-0.05, 0) is 100 Å². The summed E-state index contributed by atoms with van der Waals surface area (Å²) in [6.07, 6.45) is -2.36. The van der Waals surface area contributed by atoms with Crippen LogP contribution in [0.5, 0.6) is 11.5 Å². The van der Waals surface area contributed by atoms with Crippen LogP contribution in [0.1, 0.15) is 75.5 Å². The molecule has 1 aromatic heterocycles. The SMILES string of the molecule is CO[C@@H]1[C@@H](OC(N)=O)[C@@H](O)[C@H](Cc2ccc3c(O)c(NC(=O)c4ccc(O[Si](C)(C)C(C)(C)C)c(CC=C(C)C)c4)c(=O)oc3c2C)OC1(C)C. The van der Waals surface area contributed by atoms with E-state index in [1.165, 1.54) is 7.11 Å². The topological polar surface area (TPSA) is 180 Å². The third-order valence-electron chi connectivity index (χ3n) is 9.96. The van der Waals surface area contributed by atoms with Crippen molar-refractivity contribution in [1.29, 1.82) is 0 Å². The highest BCUT2D eigenvalue weighted by Gasteiger charge is 2.52. The Balaban J connectivity index is 1.64. The van der Waals surface area contributed by atoms with Gasteiger partial charge < -0.3 is 44.3 Å². The van der Waals surface area contributed by atoms with Gasteiger partial charge >= 0.3 is 11.7 Å². The van der Waals surface area contributed by atoms with Gasteiger partial charge in [-0.15, -0.1) is 0 Å². The van der Waals surface area contributed by atoms with Gasteiger partial charge in [0.05, 0.1) is 17.1 Å². The zero-order valence-electron chi connectivity index (χ0n) is 31.4. The summed E-state index contributed by atoms with van der Waals surface area (Å²) >= 11 is 0. The molecule has 51 heavy (non-hydrogen) atoms. The number of aliphatic hydroxyl groups is 1. The first-order chi connectivity index (χ1) is 23.6. The van der Waals surface area contributed by atoms with Crippen LogP contribution < -0.4 is 21.1 Å². The van der Waals surface area contributed by atoms with Crippen LogP contribution in [-0.4, -0.2) is 67.7 Å². The molecule has 12 nitrogen and oxygen atoms in total. The second kappa shape index (κ2) is 14.8. The van der Waals surface area contributed by atoms with E-state index in [-0.39, 0.29) is 28.0 Å². The molecular formula is C38H52N2O10Si. The maximum absolute atomic E-state index is 13.5. The number of aliphatic hydroxyl groups excluding tert-OH is 1. The molecule has 3 aromatic rings. The van der Waals surface area contributed by atoms with E-state index >= 15 is 0 Å². The highest BCUT2D eigenvalue weighted by molar-refractivity contribution is 6.74. The lowest BCUT2D eigenvalue weighted by atomic mass is 9.84. The van der Waals surface area contributed by atoms with E-state index in [4.69, 9.17) is 28.8 Å². The average Bonchev–Trinajstić information content (AvgIpc) is 3.01. The first-order valence-corrected chi connectivity index (χ1v) is 19.9. The summed E-state index contributed by atoms with van der Waals surface area (Å²) in [5.74, 6) is -0.338. The summed E-state index contributed by atoms with van der Waals surface area (Å²) in [5.41, 5.74) is 6.46. The van der Waals surface area contributed by atoms with Crippen LogP contribution in [0.2, 0.25) is 18.1 Å². The molecule has 278 valence electrons. The van der Waals surface area contributed by atoms with Gasteiger partial charge in [-0.25, -0.2) is 9.59 Å². The standard InChI is InChI=1S/C38H52N2O10Si/c1-20(2)12-13-23-18-24(15-17-26(23)50-51(10,11)37(4,5)6)34(43)40-28-29(41)25-16-14-22(21(3)31(25)47-35(28)44)19-27-30(42)32(48-36(39)45)33(46-9)38(7,8)49-27/h12,14-18,27,30,32-33,41-42H,13,19H2,1-11H3,(H2,39,45)(H,40,43)/t27-,30-,32-,33+/m0/s1. The van der Waals surface area contributed by atoms with Crippen molar-refractivity contribution in [2.24, 2.45) is 5.73 Å². The summed E-state index contributed by atoms with van der Waals surface area (Å²) in [7, 11) is -0.760. The molecule has 0 unspecified atom stereocenters. The number of nitrogens with one attached hydrogen (secondary N) is 1. The van der Waals surface area contributed by atoms with E-state index in [9.17, 15) is 24.6 Å². The van der Waals surface area contributed by atoms with Gasteiger partial charge in [-0.3, -0.25) is 4.79 Å². The lowest BCUT2D eigenvalue weighted by molar-refractivity contribution is -0.260. The van der Waals surface area contributed by atoms with E-state index < -0.39 is 67.4 Å². The number of methoxy groups -OCH3 is 1. The highest BCUT2D eigenvalue weighted by Crippen LogP contribution is 2.40. The fourth-order valence-corrected chi connectivity index (χ4v) is 7.10. The number of nitrogens with two attached hydrogens (primary N) is 1. The van der Waals surface area contributed by atoms with Crippen LogP contribution in [0, 0.1) is 6.92 Å². The Hall–Kier alpha value is -4.17. The number of ether oxygens (including phenoxy) is 3. The van der Waals surface area contributed by atoms with Gasteiger partial charge in [0, 0.05) is 19.1 Å². The number of amides is 2. The van der Waals surface area contributed by atoms with Gasteiger partial charge in [0.2, 0.25) is 8.32 Å². The van der Waals surface area contributed by atoms with Crippen molar-refractivity contribution in [3.05, 3.63) is 74.7 Å². The molecule has 4 rings (SSSR count). The molecule has 0 bridgehead atoms. The minimum absolute atomic E-state index is 0.0305. The van der Waals surface area contributed by atoms with Crippen LogP contribution >= 0.6 is 0 Å². The maximum atomic E-state index is 13.5. The van der Waals surface area contributed by atoms with E-state index in [1.807, 2.05) is 13.8 Å². The molecule has 0 aliphatic carbocycles. The van der Waals surface area contributed by atoms with Crippen molar-refractivity contribution in [1.82, 2.24) is 0 Å². The van der Waals surface area contributed by atoms with Crippen LogP contribution in [0.15, 0.2) is 51.2 Å². The first kappa shape index (κ1) is 39.6. The van der Waals surface area contributed by atoms with E-state index in [0.29, 0.717) is 23.3 Å². The predicted molar refractivity (Wildman–Crippen MR) is 198 cm³/mol. The minimum atomic E-state index is -2.18. The fourth-order valence-electron chi connectivity index (χ4n) is 6.04. The number of benzene rings is 2. The third kappa shape index (κ3) is 8.49. The molecule has 5 N–H and O–H groups in total. The molecular weight excluding hydrogens is 673 g/mol. The Morgan fingerprint density at radius 2 is 1.78 bits per heavy atom. The summed E-state index contributed by atoms with van der Waals surface area (Å²) in [6, 6.07) is 8.42. The minimum Gasteiger partial charge on any atom is -0.543 e. The lowest BCUT2D eigenvalue weighted by Crippen LogP contribution is -2.64. The molecule has 2 heterocycles. The lowest BCUT2D eigenvalue weighted by Gasteiger charge is -2.48. The number of rotatable bonds is 10.